The second kappa shape index (κ2) is 5.20. The monoisotopic (exact) mass is 277 g/mol. The number of amides is 1. The van der Waals surface area contributed by atoms with Gasteiger partial charge in [0.2, 0.25) is 0 Å². The van der Waals surface area contributed by atoms with Gasteiger partial charge in [-0.1, -0.05) is 12.8 Å². The van der Waals surface area contributed by atoms with Crippen molar-refractivity contribution < 1.29 is 9.90 Å². The molecule has 2 fully saturated rings. The lowest BCUT2D eigenvalue weighted by atomic mass is 9.76. The number of hydrogen-bond donors (Lipinski definition) is 2. The van der Waals surface area contributed by atoms with Crippen LogP contribution in [0.4, 0.5) is 0 Å². The van der Waals surface area contributed by atoms with Crippen molar-refractivity contribution >= 4 is 5.91 Å². The number of aliphatic hydroxyl groups is 1. The van der Waals surface area contributed by atoms with Gasteiger partial charge in [-0.15, -0.1) is 0 Å². The molecule has 2 aliphatic rings. The Bertz CT molecular complexity index is 495. The third-order valence-corrected chi connectivity index (χ3v) is 4.74. The van der Waals surface area contributed by atoms with Crippen molar-refractivity contribution in [2.75, 3.05) is 19.7 Å². The first kappa shape index (κ1) is 13.6. The number of aromatic amines is 1. The van der Waals surface area contributed by atoms with Crippen LogP contribution in [0.5, 0.6) is 0 Å². The highest BCUT2D eigenvalue weighted by molar-refractivity contribution is 5.93. The first-order valence-corrected chi connectivity index (χ1v) is 7.54. The summed E-state index contributed by atoms with van der Waals surface area (Å²) in [5.74, 6) is 0.765. The number of rotatable bonds is 4. The average molecular weight is 277 g/mol. The molecule has 1 aliphatic carbocycles. The van der Waals surface area contributed by atoms with Gasteiger partial charge in [-0.3, -0.25) is 4.79 Å². The Kier molecular flexibility index (Phi) is 3.54. The summed E-state index contributed by atoms with van der Waals surface area (Å²) in [5.41, 5.74) is 1.25. The molecule has 5 nitrogen and oxygen atoms in total. The summed E-state index contributed by atoms with van der Waals surface area (Å²) < 4.78 is 0. The van der Waals surface area contributed by atoms with E-state index in [1.807, 2.05) is 11.8 Å². The minimum Gasteiger partial charge on any atom is -0.396 e. The molecule has 1 amide bonds. The van der Waals surface area contributed by atoms with Crippen molar-refractivity contribution in [1.29, 1.82) is 0 Å². The topological polar surface area (TPSA) is 69.2 Å². The minimum absolute atomic E-state index is 0.00271. The number of nitrogens with one attached hydrogen (secondary N) is 1. The van der Waals surface area contributed by atoms with Crippen molar-refractivity contribution in [3.63, 3.8) is 0 Å². The molecule has 0 spiro atoms. The van der Waals surface area contributed by atoms with Gasteiger partial charge in [-0.2, -0.15) is 0 Å². The molecule has 5 heteroatoms. The Balaban J connectivity index is 1.73. The Labute approximate surface area is 119 Å². The van der Waals surface area contributed by atoms with Gasteiger partial charge in [0.05, 0.1) is 12.9 Å². The van der Waals surface area contributed by atoms with Crippen molar-refractivity contribution in [2.24, 2.45) is 11.3 Å². The number of likely N-dealkylation sites (tertiary alicyclic amines) is 1. The van der Waals surface area contributed by atoms with Gasteiger partial charge in [-0.05, 0) is 32.1 Å². The first-order chi connectivity index (χ1) is 9.63. The lowest BCUT2D eigenvalue weighted by Crippen LogP contribution is -2.48. The van der Waals surface area contributed by atoms with Gasteiger partial charge < -0.3 is 15.0 Å². The molecule has 110 valence electrons. The number of piperidine rings is 1. The Morgan fingerprint density at radius 2 is 2.40 bits per heavy atom. The summed E-state index contributed by atoms with van der Waals surface area (Å²) >= 11 is 0. The molecule has 1 saturated carbocycles. The first-order valence-electron chi connectivity index (χ1n) is 7.54. The Morgan fingerprint density at radius 3 is 3.00 bits per heavy atom. The zero-order valence-electron chi connectivity index (χ0n) is 12.1. The largest absolute Gasteiger partial charge is 0.396 e. The van der Waals surface area contributed by atoms with Gasteiger partial charge in [0.1, 0.15) is 5.69 Å². The lowest BCUT2D eigenvalue weighted by Gasteiger charge is -2.42. The average Bonchev–Trinajstić information content (AvgIpc) is 3.16. The molecule has 20 heavy (non-hydrogen) atoms. The molecule has 0 bridgehead atoms. The molecule has 1 aliphatic heterocycles. The van der Waals surface area contributed by atoms with E-state index in [0.29, 0.717) is 12.2 Å². The molecule has 1 atom stereocenters. The van der Waals surface area contributed by atoms with Crippen LogP contribution >= 0.6 is 0 Å². The maximum absolute atomic E-state index is 12.5. The van der Waals surface area contributed by atoms with Gasteiger partial charge in [0.25, 0.3) is 5.91 Å². The number of aromatic nitrogens is 2. The molecular formula is C15H23N3O2. The fourth-order valence-corrected chi connectivity index (χ4v) is 3.40. The SMILES string of the molecule is Cc1[nH]cnc1C(=O)N1CCCC(CO)(CC2CC2)C1. The summed E-state index contributed by atoms with van der Waals surface area (Å²) in [6.45, 7) is 3.50. The van der Waals surface area contributed by atoms with Gasteiger partial charge in [-0.25, -0.2) is 4.98 Å². The summed E-state index contributed by atoms with van der Waals surface area (Å²) in [6.07, 6.45) is 7.21. The second-order valence-corrected chi connectivity index (χ2v) is 6.51. The molecule has 0 aromatic carbocycles. The number of hydrogen-bond acceptors (Lipinski definition) is 3. The number of aryl methyl sites for hydroxylation is 1. The third kappa shape index (κ3) is 2.59. The molecule has 1 saturated heterocycles. The molecule has 0 radical (unpaired) electrons. The van der Waals surface area contributed by atoms with E-state index in [2.05, 4.69) is 9.97 Å². The Hall–Kier alpha value is -1.36. The summed E-state index contributed by atoms with van der Waals surface area (Å²) in [5, 5.41) is 9.84. The van der Waals surface area contributed by atoms with Crippen molar-refractivity contribution in [3.05, 3.63) is 17.7 Å². The fourth-order valence-electron chi connectivity index (χ4n) is 3.40. The molecule has 2 heterocycles. The Morgan fingerprint density at radius 1 is 1.60 bits per heavy atom. The van der Waals surface area contributed by atoms with Crippen LogP contribution in [-0.2, 0) is 0 Å². The molecule has 1 aromatic rings. The highest BCUT2D eigenvalue weighted by atomic mass is 16.3. The van der Waals surface area contributed by atoms with Gasteiger partial charge >= 0.3 is 0 Å². The summed E-state index contributed by atoms with van der Waals surface area (Å²) in [4.78, 5) is 21.5. The van der Waals surface area contributed by atoms with Gasteiger partial charge in [0, 0.05) is 24.2 Å². The van der Waals surface area contributed by atoms with Crippen LogP contribution in [0.2, 0.25) is 0 Å². The van der Waals surface area contributed by atoms with Crippen molar-refractivity contribution in [2.45, 2.75) is 39.0 Å². The number of carbonyl (C=O) groups excluding carboxylic acids is 1. The van der Waals surface area contributed by atoms with E-state index in [-0.39, 0.29) is 17.9 Å². The number of H-pyrrole nitrogens is 1. The van der Waals surface area contributed by atoms with E-state index in [0.717, 1.165) is 37.4 Å². The molecule has 1 unspecified atom stereocenters. The number of nitrogens with zero attached hydrogens (tertiary/aromatic N) is 2. The normalized spacial score (nSPS) is 26.8. The molecular weight excluding hydrogens is 254 g/mol. The highest BCUT2D eigenvalue weighted by Gasteiger charge is 2.41. The van der Waals surface area contributed by atoms with E-state index >= 15 is 0 Å². The van der Waals surface area contributed by atoms with Crippen molar-refractivity contribution in [1.82, 2.24) is 14.9 Å². The number of imidazole rings is 1. The highest BCUT2D eigenvalue weighted by Crippen LogP contribution is 2.44. The van der Waals surface area contributed by atoms with E-state index in [1.165, 1.54) is 12.8 Å². The molecule has 1 aromatic heterocycles. The smallest absolute Gasteiger partial charge is 0.274 e. The standard InChI is InChI=1S/C15H23N3O2/c1-11-13(17-10-16-11)14(20)18-6-2-5-15(8-18,9-19)7-12-3-4-12/h10,12,19H,2-9H2,1H3,(H,16,17). The maximum Gasteiger partial charge on any atom is 0.274 e. The van der Waals surface area contributed by atoms with E-state index in [1.54, 1.807) is 6.33 Å². The summed E-state index contributed by atoms with van der Waals surface area (Å²) in [7, 11) is 0. The van der Waals surface area contributed by atoms with Crippen LogP contribution < -0.4 is 0 Å². The van der Waals surface area contributed by atoms with E-state index < -0.39 is 0 Å². The van der Waals surface area contributed by atoms with Crippen molar-refractivity contribution in [3.8, 4) is 0 Å². The minimum atomic E-state index is -0.0840. The predicted octanol–water partition coefficient (Wildman–Crippen LogP) is 1.73. The molecule has 2 N–H and O–H groups in total. The fraction of sp³-hybridized carbons (Fsp3) is 0.733. The summed E-state index contributed by atoms with van der Waals surface area (Å²) in [6, 6.07) is 0. The van der Waals surface area contributed by atoms with Crippen LogP contribution in [0.3, 0.4) is 0 Å². The lowest BCUT2D eigenvalue weighted by molar-refractivity contribution is 0.0193. The zero-order valence-corrected chi connectivity index (χ0v) is 12.1. The van der Waals surface area contributed by atoms with Crippen LogP contribution in [0, 0.1) is 18.3 Å². The maximum atomic E-state index is 12.5. The van der Waals surface area contributed by atoms with Crippen LogP contribution in [0.15, 0.2) is 6.33 Å². The predicted molar refractivity (Wildman–Crippen MR) is 75.3 cm³/mol. The third-order valence-electron chi connectivity index (χ3n) is 4.74. The quantitative estimate of drug-likeness (QED) is 0.880. The second-order valence-electron chi connectivity index (χ2n) is 6.51. The molecule has 3 rings (SSSR count). The van der Waals surface area contributed by atoms with Crippen LogP contribution in [0.25, 0.3) is 0 Å². The number of carbonyl (C=O) groups is 1. The van der Waals surface area contributed by atoms with E-state index in [9.17, 15) is 9.90 Å². The van der Waals surface area contributed by atoms with Crippen LogP contribution in [-0.4, -0.2) is 45.6 Å². The zero-order chi connectivity index (χ0) is 14.2. The van der Waals surface area contributed by atoms with Gasteiger partial charge in [0.15, 0.2) is 0 Å². The van der Waals surface area contributed by atoms with E-state index in [4.69, 9.17) is 0 Å². The number of aliphatic hydroxyl groups excluding tert-OH is 1. The van der Waals surface area contributed by atoms with Crippen LogP contribution in [0.1, 0.15) is 48.3 Å².